The molecule has 23 heavy (non-hydrogen) atoms. The molecule has 0 aromatic heterocycles. The maximum atomic E-state index is 12.7. The highest BCUT2D eigenvalue weighted by Crippen LogP contribution is 2.58. The lowest BCUT2D eigenvalue weighted by molar-refractivity contribution is -0.136. The molecule has 0 aliphatic heterocycles. The predicted octanol–water partition coefficient (Wildman–Crippen LogP) is 3.98. The Kier molecular flexibility index (Phi) is 3.22. The Morgan fingerprint density at radius 3 is 3.00 bits per heavy atom. The van der Waals surface area contributed by atoms with E-state index in [1.165, 1.54) is 6.42 Å². The molecule has 0 amide bonds. The van der Waals surface area contributed by atoms with Gasteiger partial charge in [-0.05, 0) is 59.6 Å². The van der Waals surface area contributed by atoms with Gasteiger partial charge in [0.25, 0.3) is 0 Å². The van der Waals surface area contributed by atoms with Crippen LogP contribution in [0.2, 0.25) is 0 Å². The molecule has 120 valence electrons. The van der Waals surface area contributed by atoms with Gasteiger partial charge in [-0.3, -0.25) is 9.59 Å². The molecule has 1 aromatic rings. The third-order valence-corrected chi connectivity index (χ3v) is 6.36. The molecule has 1 aromatic carbocycles. The number of Topliss-reactive ketones (excluding diaryl/α,β-unsaturated/α-hetero) is 1. The van der Waals surface area contributed by atoms with Crippen LogP contribution in [0.3, 0.4) is 0 Å². The number of hydrogen-bond donors (Lipinski definition) is 1. The lowest BCUT2D eigenvalue weighted by Gasteiger charge is -2.48. The topological polar surface area (TPSA) is 54.4 Å². The van der Waals surface area contributed by atoms with Gasteiger partial charge in [-0.2, -0.15) is 0 Å². The Labute approximate surface area is 136 Å². The second-order valence-electron chi connectivity index (χ2n) is 7.68. The fourth-order valence-electron chi connectivity index (χ4n) is 5.22. The van der Waals surface area contributed by atoms with E-state index in [4.69, 9.17) is 5.11 Å². The Morgan fingerprint density at radius 2 is 2.22 bits per heavy atom. The molecule has 4 rings (SSSR count). The van der Waals surface area contributed by atoms with Crippen LogP contribution >= 0.6 is 0 Å². The van der Waals surface area contributed by atoms with Gasteiger partial charge in [-0.1, -0.05) is 31.2 Å². The number of hydrogen-bond acceptors (Lipinski definition) is 2. The number of aliphatic carboxylic acids is 1. The number of fused-ring (bicyclic) bond motifs is 5. The molecule has 0 radical (unpaired) electrons. The number of carbonyl (C=O) groups is 2. The van der Waals surface area contributed by atoms with Crippen molar-refractivity contribution in [2.24, 2.45) is 17.3 Å². The summed E-state index contributed by atoms with van der Waals surface area (Å²) in [7, 11) is 0. The van der Waals surface area contributed by atoms with Crippen LogP contribution in [0.1, 0.15) is 60.0 Å². The first kappa shape index (κ1) is 14.7. The number of carboxylic acid groups (broad SMARTS) is 1. The average molecular weight is 310 g/mol. The van der Waals surface area contributed by atoms with Crippen LogP contribution in [0.25, 0.3) is 0 Å². The van der Waals surface area contributed by atoms with Crippen molar-refractivity contribution < 1.29 is 14.7 Å². The smallest absolute Gasteiger partial charge is 0.307 e. The summed E-state index contributed by atoms with van der Waals surface area (Å²) in [6, 6.07) is 5.74. The van der Waals surface area contributed by atoms with Crippen molar-refractivity contribution in [3.63, 3.8) is 0 Å². The second-order valence-corrected chi connectivity index (χ2v) is 7.68. The van der Waals surface area contributed by atoms with Crippen LogP contribution in [-0.4, -0.2) is 16.9 Å². The van der Waals surface area contributed by atoms with E-state index in [0.29, 0.717) is 24.2 Å². The number of rotatable bonds is 2. The lowest BCUT2D eigenvalue weighted by atomic mass is 9.55. The largest absolute Gasteiger partial charge is 0.481 e. The highest BCUT2D eigenvalue weighted by atomic mass is 16.4. The monoisotopic (exact) mass is 310 g/mol. The van der Waals surface area contributed by atoms with Crippen molar-refractivity contribution in [1.29, 1.82) is 0 Å². The first-order valence-electron chi connectivity index (χ1n) is 8.53. The fraction of sp³-hybridized carbons (Fsp3) is 0.500. The van der Waals surface area contributed by atoms with Gasteiger partial charge in [0.15, 0.2) is 5.78 Å². The summed E-state index contributed by atoms with van der Waals surface area (Å²) in [5.74, 6) is 0.826. The van der Waals surface area contributed by atoms with Gasteiger partial charge in [0.2, 0.25) is 0 Å². The second kappa shape index (κ2) is 5.05. The van der Waals surface area contributed by atoms with E-state index in [9.17, 15) is 9.59 Å². The number of benzene rings is 1. The van der Waals surface area contributed by atoms with Crippen LogP contribution in [0.5, 0.6) is 0 Å². The van der Waals surface area contributed by atoms with Crippen molar-refractivity contribution >= 4 is 11.8 Å². The van der Waals surface area contributed by atoms with Crippen LogP contribution in [0, 0.1) is 17.3 Å². The van der Waals surface area contributed by atoms with E-state index < -0.39 is 5.97 Å². The first-order chi connectivity index (χ1) is 11.0. The van der Waals surface area contributed by atoms with Crippen molar-refractivity contribution in [1.82, 2.24) is 0 Å². The van der Waals surface area contributed by atoms with Gasteiger partial charge in [0, 0.05) is 12.0 Å². The van der Waals surface area contributed by atoms with Crippen molar-refractivity contribution in [2.45, 2.75) is 44.9 Å². The molecule has 1 saturated carbocycles. The number of carbonyl (C=O) groups excluding carboxylic acids is 1. The van der Waals surface area contributed by atoms with Crippen LogP contribution in [-0.2, 0) is 11.2 Å². The molecule has 3 heteroatoms. The summed E-state index contributed by atoms with van der Waals surface area (Å²) in [5, 5.41) is 8.96. The molecule has 3 aliphatic carbocycles. The Hall–Kier alpha value is -1.90. The Balaban J connectivity index is 1.71. The molecule has 4 atom stereocenters. The predicted molar refractivity (Wildman–Crippen MR) is 87.5 cm³/mol. The van der Waals surface area contributed by atoms with Gasteiger partial charge in [-0.15, -0.1) is 0 Å². The molecule has 0 heterocycles. The zero-order valence-electron chi connectivity index (χ0n) is 13.4. The maximum Gasteiger partial charge on any atom is 0.307 e. The minimum atomic E-state index is -0.850. The van der Waals surface area contributed by atoms with E-state index in [1.54, 1.807) is 0 Å². The highest BCUT2D eigenvalue weighted by Gasteiger charge is 2.49. The third kappa shape index (κ3) is 2.25. The minimum absolute atomic E-state index is 0.0146. The summed E-state index contributed by atoms with van der Waals surface area (Å²) in [5.41, 5.74) is 2.93. The summed E-state index contributed by atoms with van der Waals surface area (Å²) in [4.78, 5) is 23.6. The van der Waals surface area contributed by atoms with E-state index in [0.717, 1.165) is 29.5 Å². The quantitative estimate of drug-likeness (QED) is 0.841. The molecular formula is C20H22O3. The summed E-state index contributed by atoms with van der Waals surface area (Å²) < 4.78 is 0. The molecular weight excluding hydrogens is 288 g/mol. The number of carboxylic acids is 1. The molecule has 0 spiro atoms. The summed E-state index contributed by atoms with van der Waals surface area (Å²) in [6.45, 7) is 2.34. The summed E-state index contributed by atoms with van der Waals surface area (Å²) >= 11 is 0. The van der Waals surface area contributed by atoms with E-state index in [2.05, 4.69) is 19.1 Å². The van der Waals surface area contributed by atoms with Gasteiger partial charge in [0.1, 0.15) is 0 Å². The lowest BCUT2D eigenvalue weighted by Crippen LogP contribution is -2.41. The SMILES string of the molecule is C[C@@]12C=CC[C@H]1[C@@H]1CC(=O)c3cc(CC(=O)O)ccc3[C@H]1CC2. The maximum absolute atomic E-state index is 12.7. The average Bonchev–Trinajstić information content (AvgIpc) is 2.89. The minimum Gasteiger partial charge on any atom is -0.481 e. The standard InChI is InChI=1S/C20H22O3/c1-20-7-2-3-17(20)15-11-18(21)16-9-12(10-19(22)23)4-5-13(16)14(15)6-8-20/h2,4-5,7,9,14-15,17H,3,6,8,10-11H2,1H3,(H,22,23)/t14-,15-,17+,20+/m1/s1. The Morgan fingerprint density at radius 1 is 1.39 bits per heavy atom. The summed E-state index contributed by atoms with van der Waals surface area (Å²) in [6.07, 6.45) is 8.67. The highest BCUT2D eigenvalue weighted by molar-refractivity contribution is 5.99. The first-order valence-corrected chi connectivity index (χ1v) is 8.53. The molecule has 0 bridgehead atoms. The zero-order chi connectivity index (χ0) is 16.2. The third-order valence-electron chi connectivity index (χ3n) is 6.36. The number of allylic oxidation sites excluding steroid dienone is 2. The van der Waals surface area contributed by atoms with E-state index in [1.807, 2.05) is 18.2 Å². The van der Waals surface area contributed by atoms with Gasteiger partial charge >= 0.3 is 5.97 Å². The van der Waals surface area contributed by atoms with Crippen molar-refractivity contribution in [3.05, 3.63) is 47.0 Å². The van der Waals surface area contributed by atoms with E-state index in [-0.39, 0.29) is 17.6 Å². The van der Waals surface area contributed by atoms with Gasteiger partial charge < -0.3 is 5.11 Å². The van der Waals surface area contributed by atoms with Crippen molar-refractivity contribution in [2.75, 3.05) is 0 Å². The van der Waals surface area contributed by atoms with Gasteiger partial charge in [0.05, 0.1) is 6.42 Å². The molecule has 1 N–H and O–H groups in total. The van der Waals surface area contributed by atoms with Crippen LogP contribution < -0.4 is 0 Å². The molecule has 0 saturated heterocycles. The van der Waals surface area contributed by atoms with Crippen molar-refractivity contribution in [3.8, 4) is 0 Å². The zero-order valence-corrected chi connectivity index (χ0v) is 13.4. The van der Waals surface area contributed by atoms with Gasteiger partial charge in [-0.25, -0.2) is 0 Å². The van der Waals surface area contributed by atoms with Crippen LogP contribution in [0.15, 0.2) is 30.4 Å². The fourth-order valence-corrected chi connectivity index (χ4v) is 5.22. The number of ketones is 1. The molecule has 3 nitrogen and oxygen atoms in total. The molecule has 1 fully saturated rings. The Bertz CT molecular complexity index is 718. The van der Waals surface area contributed by atoms with Crippen LogP contribution in [0.4, 0.5) is 0 Å². The molecule has 0 unspecified atom stereocenters. The van der Waals surface area contributed by atoms with E-state index >= 15 is 0 Å². The normalized spacial score (nSPS) is 34.7. The molecule has 3 aliphatic rings.